The maximum atomic E-state index is 12.4. The van der Waals surface area contributed by atoms with Crippen LogP contribution in [0.4, 0.5) is 5.13 Å². The lowest BCUT2D eigenvalue weighted by Crippen LogP contribution is -2.23. The molecule has 7 nitrogen and oxygen atoms in total. The Morgan fingerprint density at radius 2 is 2.07 bits per heavy atom. The van der Waals surface area contributed by atoms with Crippen LogP contribution in [0.2, 0.25) is 0 Å². The van der Waals surface area contributed by atoms with Crippen molar-refractivity contribution in [1.29, 1.82) is 0 Å². The van der Waals surface area contributed by atoms with Gasteiger partial charge in [0, 0.05) is 13.0 Å². The van der Waals surface area contributed by atoms with Crippen LogP contribution < -0.4 is 15.6 Å². The molecule has 0 aliphatic rings. The number of aromatic nitrogens is 3. The summed E-state index contributed by atoms with van der Waals surface area (Å²) in [5.41, 5.74) is 1.29. The summed E-state index contributed by atoms with van der Waals surface area (Å²) in [4.78, 5) is 33.4. The fourth-order valence-electron chi connectivity index (χ4n) is 2.75. The predicted molar refractivity (Wildman–Crippen MR) is 105 cm³/mol. The van der Waals surface area contributed by atoms with Crippen LogP contribution in [0.15, 0.2) is 53.6 Å². The molecule has 0 atom stereocenters. The number of nitrogens with one attached hydrogen (secondary N) is 1. The van der Waals surface area contributed by atoms with Gasteiger partial charge < -0.3 is 10.1 Å². The van der Waals surface area contributed by atoms with Gasteiger partial charge >= 0.3 is 0 Å². The molecule has 4 aromatic rings. The number of hydrogen-bond donors (Lipinski definition) is 1. The first-order valence-electron chi connectivity index (χ1n) is 8.32. The minimum atomic E-state index is -0.207. The van der Waals surface area contributed by atoms with Crippen LogP contribution >= 0.6 is 11.3 Å². The van der Waals surface area contributed by atoms with Crippen molar-refractivity contribution in [1.82, 2.24) is 14.5 Å². The number of para-hydroxylation sites is 1. The summed E-state index contributed by atoms with van der Waals surface area (Å²) in [7, 11) is 1.61. The number of carbonyl (C=O) groups is 1. The topological polar surface area (TPSA) is 86.1 Å². The Labute approximate surface area is 158 Å². The van der Waals surface area contributed by atoms with E-state index in [0.717, 1.165) is 16.0 Å². The molecule has 2 aromatic carbocycles. The number of thiazole rings is 1. The molecule has 1 N–H and O–H groups in total. The Morgan fingerprint density at radius 3 is 2.93 bits per heavy atom. The molecule has 2 heterocycles. The first-order valence-corrected chi connectivity index (χ1v) is 9.14. The Morgan fingerprint density at radius 1 is 1.22 bits per heavy atom. The van der Waals surface area contributed by atoms with E-state index >= 15 is 0 Å². The number of carbonyl (C=O) groups excluding carboxylic acids is 1. The van der Waals surface area contributed by atoms with E-state index in [1.54, 1.807) is 25.3 Å². The van der Waals surface area contributed by atoms with Crippen molar-refractivity contribution in [3.8, 4) is 5.75 Å². The first-order chi connectivity index (χ1) is 13.1. The van der Waals surface area contributed by atoms with E-state index in [2.05, 4.69) is 15.3 Å². The molecule has 0 unspecified atom stereocenters. The van der Waals surface area contributed by atoms with E-state index in [0.29, 0.717) is 16.0 Å². The lowest BCUT2D eigenvalue weighted by Gasteiger charge is -2.06. The van der Waals surface area contributed by atoms with Gasteiger partial charge in [-0.2, -0.15) is 0 Å². The molecule has 8 heteroatoms. The van der Waals surface area contributed by atoms with Crippen molar-refractivity contribution in [3.63, 3.8) is 0 Å². The highest BCUT2D eigenvalue weighted by atomic mass is 32.1. The smallest absolute Gasteiger partial charge is 0.261 e. The van der Waals surface area contributed by atoms with Crippen LogP contribution in [0, 0.1) is 0 Å². The van der Waals surface area contributed by atoms with Crippen molar-refractivity contribution < 1.29 is 9.53 Å². The average Bonchev–Trinajstić information content (AvgIpc) is 3.08. The fraction of sp³-hybridized carbons (Fsp3) is 0.158. The first kappa shape index (κ1) is 17.2. The number of anilines is 1. The second-order valence-electron chi connectivity index (χ2n) is 5.91. The number of ether oxygens (including phenoxy) is 1. The van der Waals surface area contributed by atoms with Gasteiger partial charge in [0.2, 0.25) is 5.91 Å². The Kier molecular flexibility index (Phi) is 4.55. The molecule has 4 rings (SSSR count). The number of amides is 1. The van der Waals surface area contributed by atoms with Gasteiger partial charge in [-0.15, -0.1) is 0 Å². The van der Waals surface area contributed by atoms with Crippen molar-refractivity contribution in [2.75, 3.05) is 12.4 Å². The lowest BCUT2D eigenvalue weighted by molar-refractivity contribution is -0.116. The van der Waals surface area contributed by atoms with Gasteiger partial charge in [-0.3, -0.25) is 14.2 Å². The highest BCUT2D eigenvalue weighted by molar-refractivity contribution is 7.22. The van der Waals surface area contributed by atoms with Crippen molar-refractivity contribution in [3.05, 3.63) is 59.1 Å². The SMILES string of the molecule is COc1ccc2nc(NC(=O)CCn3cnc4ccccc4c3=O)sc2c1. The zero-order chi connectivity index (χ0) is 18.8. The zero-order valence-corrected chi connectivity index (χ0v) is 15.3. The van der Waals surface area contributed by atoms with Crippen LogP contribution in [0.5, 0.6) is 5.75 Å². The van der Waals surface area contributed by atoms with E-state index in [1.165, 1.54) is 22.2 Å². The minimum absolute atomic E-state index is 0.152. The Hall–Kier alpha value is -3.26. The second-order valence-corrected chi connectivity index (χ2v) is 6.94. The number of rotatable bonds is 5. The van der Waals surface area contributed by atoms with Gasteiger partial charge in [0.05, 0.1) is 34.6 Å². The molecule has 0 bridgehead atoms. The number of methoxy groups -OCH3 is 1. The van der Waals surface area contributed by atoms with Crippen LogP contribution in [-0.2, 0) is 11.3 Å². The minimum Gasteiger partial charge on any atom is -0.497 e. The quantitative estimate of drug-likeness (QED) is 0.575. The van der Waals surface area contributed by atoms with Gasteiger partial charge in [0.15, 0.2) is 5.13 Å². The number of hydrogen-bond acceptors (Lipinski definition) is 6. The third-order valence-corrected chi connectivity index (χ3v) is 5.09. The van der Waals surface area contributed by atoms with Crippen LogP contribution in [-0.4, -0.2) is 27.6 Å². The van der Waals surface area contributed by atoms with E-state index in [1.807, 2.05) is 24.3 Å². The summed E-state index contributed by atoms with van der Waals surface area (Å²) in [5, 5.41) is 3.85. The standard InChI is InChI=1S/C19H16N4O3S/c1-26-12-6-7-15-16(10-12)27-19(21-15)22-17(24)8-9-23-11-20-14-5-3-2-4-13(14)18(23)25/h2-7,10-11H,8-9H2,1H3,(H,21,22,24). The molecular formula is C19H16N4O3S. The van der Waals surface area contributed by atoms with E-state index in [4.69, 9.17) is 4.74 Å². The third kappa shape index (κ3) is 3.52. The Balaban J connectivity index is 1.45. The van der Waals surface area contributed by atoms with Gasteiger partial charge in [-0.05, 0) is 30.3 Å². The highest BCUT2D eigenvalue weighted by Crippen LogP contribution is 2.29. The summed E-state index contributed by atoms with van der Waals surface area (Å²) in [6.07, 6.45) is 1.63. The van der Waals surface area contributed by atoms with E-state index in [9.17, 15) is 9.59 Å². The van der Waals surface area contributed by atoms with Crippen LogP contribution in [0.1, 0.15) is 6.42 Å². The van der Waals surface area contributed by atoms with Crippen LogP contribution in [0.25, 0.3) is 21.1 Å². The number of benzene rings is 2. The molecule has 0 saturated carbocycles. The molecular weight excluding hydrogens is 364 g/mol. The molecule has 136 valence electrons. The van der Waals surface area contributed by atoms with Gasteiger partial charge in [-0.1, -0.05) is 23.5 Å². The third-order valence-electron chi connectivity index (χ3n) is 4.15. The predicted octanol–water partition coefficient (Wildman–Crippen LogP) is 3.04. The van der Waals surface area contributed by atoms with Crippen molar-refractivity contribution >= 4 is 43.5 Å². The molecule has 1 amide bonds. The molecule has 0 aliphatic heterocycles. The number of aryl methyl sites for hydroxylation is 1. The van der Waals surface area contributed by atoms with Crippen molar-refractivity contribution in [2.24, 2.45) is 0 Å². The molecule has 0 aliphatic carbocycles. The van der Waals surface area contributed by atoms with Crippen LogP contribution in [0.3, 0.4) is 0 Å². The highest BCUT2D eigenvalue weighted by Gasteiger charge is 2.10. The number of nitrogens with zero attached hydrogens (tertiary/aromatic N) is 3. The zero-order valence-electron chi connectivity index (χ0n) is 14.5. The van der Waals surface area contributed by atoms with E-state index in [-0.39, 0.29) is 24.4 Å². The second kappa shape index (κ2) is 7.16. The van der Waals surface area contributed by atoms with Crippen molar-refractivity contribution in [2.45, 2.75) is 13.0 Å². The maximum absolute atomic E-state index is 12.4. The van der Waals surface area contributed by atoms with Gasteiger partial charge in [-0.25, -0.2) is 9.97 Å². The van der Waals surface area contributed by atoms with Gasteiger partial charge in [0.25, 0.3) is 5.56 Å². The monoisotopic (exact) mass is 380 g/mol. The molecule has 27 heavy (non-hydrogen) atoms. The summed E-state index contributed by atoms with van der Waals surface area (Å²) in [6, 6.07) is 12.7. The van der Waals surface area contributed by atoms with Gasteiger partial charge in [0.1, 0.15) is 5.75 Å². The molecule has 2 aromatic heterocycles. The maximum Gasteiger partial charge on any atom is 0.261 e. The summed E-state index contributed by atoms with van der Waals surface area (Å²) >= 11 is 1.38. The molecule has 0 radical (unpaired) electrons. The summed E-state index contributed by atoms with van der Waals surface area (Å²) in [6.45, 7) is 0.251. The summed E-state index contributed by atoms with van der Waals surface area (Å²) < 4.78 is 7.57. The average molecular weight is 380 g/mol. The largest absolute Gasteiger partial charge is 0.497 e. The number of fused-ring (bicyclic) bond motifs is 2. The Bertz CT molecular complexity index is 1200. The normalized spacial score (nSPS) is 11.0. The molecule has 0 spiro atoms. The summed E-state index contributed by atoms with van der Waals surface area (Å²) in [5.74, 6) is 0.535. The van der Waals surface area contributed by atoms with E-state index < -0.39 is 0 Å². The molecule has 0 saturated heterocycles. The fourth-order valence-corrected chi connectivity index (χ4v) is 3.67. The lowest BCUT2D eigenvalue weighted by atomic mass is 10.2. The molecule has 0 fully saturated rings.